The number of aliphatic hydroxyl groups is 4. The first-order chi connectivity index (χ1) is 14.7. The van der Waals surface area contributed by atoms with Crippen molar-refractivity contribution in [3.05, 3.63) is 63.5 Å². The zero-order chi connectivity index (χ0) is 22.7. The first kappa shape index (κ1) is 22.4. The van der Waals surface area contributed by atoms with E-state index in [1.807, 2.05) is 0 Å². The molecule has 0 bridgehead atoms. The summed E-state index contributed by atoms with van der Waals surface area (Å²) in [5, 5.41) is 50.7. The molecule has 11 nitrogen and oxygen atoms in total. The van der Waals surface area contributed by atoms with Crippen LogP contribution in [0.1, 0.15) is 5.56 Å². The van der Waals surface area contributed by atoms with Gasteiger partial charge in [0.25, 0.3) is 0 Å². The van der Waals surface area contributed by atoms with Gasteiger partial charge in [0.05, 0.1) is 24.2 Å². The number of benzene rings is 2. The number of aliphatic hydroxyl groups excluding tert-OH is 4. The Morgan fingerprint density at radius 3 is 2.55 bits per heavy atom. The van der Waals surface area contributed by atoms with Crippen LogP contribution in [-0.2, 0) is 4.74 Å². The fourth-order valence-electron chi connectivity index (χ4n) is 3.04. The number of ether oxygens (including phenoxy) is 3. The van der Waals surface area contributed by atoms with Crippen LogP contribution in [-0.4, -0.2) is 62.7 Å². The van der Waals surface area contributed by atoms with E-state index in [0.717, 1.165) is 6.07 Å². The molecule has 0 aliphatic carbocycles. The van der Waals surface area contributed by atoms with Gasteiger partial charge in [-0.25, -0.2) is 4.85 Å². The lowest BCUT2D eigenvalue weighted by Gasteiger charge is -2.39. The summed E-state index contributed by atoms with van der Waals surface area (Å²) in [5.74, 6) is 0.114. The molecule has 4 N–H and O–H groups in total. The topological polar surface area (TPSA) is 156 Å². The molecule has 164 valence electrons. The fourth-order valence-corrected chi connectivity index (χ4v) is 3.04. The van der Waals surface area contributed by atoms with Crippen LogP contribution in [0.5, 0.6) is 17.2 Å². The minimum absolute atomic E-state index is 0.0294. The second kappa shape index (κ2) is 9.25. The van der Waals surface area contributed by atoms with Gasteiger partial charge in [0.2, 0.25) is 12.0 Å². The molecular formula is C20H20N2O9. The van der Waals surface area contributed by atoms with Crippen molar-refractivity contribution in [2.24, 2.45) is 0 Å². The van der Waals surface area contributed by atoms with Gasteiger partial charge < -0.3 is 34.6 Å². The number of hydrogen-bond acceptors (Lipinski definition) is 9. The number of aryl methyl sites for hydroxylation is 1. The fraction of sp³-hybridized carbons (Fsp3) is 0.350. The number of rotatable bonds is 6. The van der Waals surface area contributed by atoms with Crippen LogP contribution in [0.2, 0.25) is 0 Å². The molecule has 2 aromatic carbocycles. The second-order valence-electron chi connectivity index (χ2n) is 6.87. The highest BCUT2D eigenvalue weighted by atomic mass is 16.7. The second-order valence-corrected chi connectivity index (χ2v) is 6.87. The van der Waals surface area contributed by atoms with Crippen molar-refractivity contribution in [2.45, 2.75) is 37.6 Å². The van der Waals surface area contributed by atoms with Crippen LogP contribution < -0.4 is 9.47 Å². The third kappa shape index (κ3) is 4.74. The molecule has 31 heavy (non-hydrogen) atoms. The quantitative estimate of drug-likeness (QED) is 0.301. The normalized spacial score (nSPS) is 25.5. The molecule has 0 radical (unpaired) electrons. The van der Waals surface area contributed by atoms with Crippen LogP contribution >= 0.6 is 0 Å². The maximum absolute atomic E-state index is 11.6. The minimum Gasteiger partial charge on any atom is -0.461 e. The highest BCUT2D eigenvalue weighted by Crippen LogP contribution is 2.38. The Bertz CT molecular complexity index is 1000. The summed E-state index contributed by atoms with van der Waals surface area (Å²) in [6, 6.07) is 8.55. The van der Waals surface area contributed by atoms with E-state index in [9.17, 15) is 30.5 Å². The molecule has 1 aliphatic heterocycles. The van der Waals surface area contributed by atoms with Crippen LogP contribution in [0.4, 0.5) is 11.4 Å². The average molecular weight is 432 g/mol. The number of nitro benzene ring substituents is 1. The molecule has 0 aromatic heterocycles. The molecule has 11 heteroatoms. The molecular weight excluding hydrogens is 412 g/mol. The van der Waals surface area contributed by atoms with Gasteiger partial charge in [0.15, 0.2) is 5.69 Å². The van der Waals surface area contributed by atoms with Crippen molar-refractivity contribution in [2.75, 3.05) is 6.61 Å². The van der Waals surface area contributed by atoms with Crippen molar-refractivity contribution in [1.82, 2.24) is 0 Å². The lowest BCUT2D eigenvalue weighted by Crippen LogP contribution is -2.60. The summed E-state index contributed by atoms with van der Waals surface area (Å²) < 4.78 is 16.4. The SMILES string of the molecule is [C-]#[N+]c1cccc(Oc2cc(C)c(OC3OC(CO)C(O)C(O)C3O)cc2[N+](=O)[O-])c1. The van der Waals surface area contributed by atoms with Gasteiger partial charge in [0.1, 0.15) is 35.9 Å². The van der Waals surface area contributed by atoms with E-state index in [1.54, 1.807) is 25.1 Å². The Morgan fingerprint density at radius 2 is 1.90 bits per heavy atom. The van der Waals surface area contributed by atoms with Gasteiger partial charge in [0, 0.05) is 0 Å². The molecule has 5 atom stereocenters. The lowest BCUT2D eigenvalue weighted by atomic mass is 9.99. The summed E-state index contributed by atoms with van der Waals surface area (Å²) in [5.41, 5.74) is 0.247. The van der Waals surface area contributed by atoms with Gasteiger partial charge in [-0.3, -0.25) is 10.1 Å². The van der Waals surface area contributed by atoms with E-state index < -0.39 is 47.9 Å². The molecule has 1 saturated heterocycles. The molecule has 1 aliphatic rings. The maximum atomic E-state index is 11.6. The minimum atomic E-state index is -1.66. The largest absolute Gasteiger partial charge is 0.461 e. The van der Waals surface area contributed by atoms with Crippen molar-refractivity contribution < 1.29 is 39.6 Å². The van der Waals surface area contributed by atoms with Crippen molar-refractivity contribution in [3.8, 4) is 17.2 Å². The predicted molar refractivity (Wildman–Crippen MR) is 105 cm³/mol. The molecule has 0 saturated carbocycles. The highest BCUT2D eigenvalue weighted by Gasteiger charge is 2.45. The number of hydrogen-bond donors (Lipinski definition) is 4. The van der Waals surface area contributed by atoms with Crippen LogP contribution in [0.25, 0.3) is 4.85 Å². The Hall–Kier alpha value is -3.27. The van der Waals surface area contributed by atoms with E-state index in [2.05, 4.69) is 4.85 Å². The third-order valence-corrected chi connectivity index (χ3v) is 4.72. The van der Waals surface area contributed by atoms with Gasteiger partial charge in [-0.15, -0.1) is 0 Å². The Morgan fingerprint density at radius 1 is 1.16 bits per heavy atom. The highest BCUT2D eigenvalue weighted by molar-refractivity contribution is 5.57. The maximum Gasteiger partial charge on any atom is 0.315 e. The Balaban J connectivity index is 1.90. The van der Waals surface area contributed by atoms with Gasteiger partial charge in [-0.1, -0.05) is 12.1 Å². The summed E-state index contributed by atoms with van der Waals surface area (Å²) >= 11 is 0. The van der Waals surface area contributed by atoms with Gasteiger partial charge in [-0.05, 0) is 30.7 Å². The van der Waals surface area contributed by atoms with Crippen molar-refractivity contribution in [3.63, 3.8) is 0 Å². The standard InChI is InChI=1S/C20H20N2O9/c1-10-6-15(29-12-5-3-4-11(7-12)21-2)13(22(27)28)8-14(10)30-20-19(26)18(25)17(24)16(9-23)31-20/h3-8,16-20,23-26H,9H2,1H3. The first-order valence-electron chi connectivity index (χ1n) is 9.16. The summed E-state index contributed by atoms with van der Waals surface area (Å²) in [6.45, 7) is 7.99. The third-order valence-electron chi connectivity index (χ3n) is 4.72. The van der Waals surface area contributed by atoms with Gasteiger partial charge in [-0.2, -0.15) is 0 Å². The van der Waals surface area contributed by atoms with Crippen LogP contribution in [0.15, 0.2) is 36.4 Å². The molecule has 1 fully saturated rings. The van der Waals surface area contributed by atoms with E-state index in [4.69, 9.17) is 20.8 Å². The zero-order valence-electron chi connectivity index (χ0n) is 16.3. The van der Waals surface area contributed by atoms with E-state index in [-0.39, 0.29) is 17.2 Å². The summed E-state index contributed by atoms with van der Waals surface area (Å²) in [6.07, 6.45) is -7.55. The number of nitrogens with zero attached hydrogens (tertiary/aromatic N) is 2. The molecule has 1 heterocycles. The zero-order valence-corrected chi connectivity index (χ0v) is 16.3. The molecule has 0 amide bonds. The average Bonchev–Trinajstić information content (AvgIpc) is 2.75. The van der Waals surface area contributed by atoms with Gasteiger partial charge >= 0.3 is 5.69 Å². The first-order valence-corrected chi connectivity index (χ1v) is 9.16. The van der Waals surface area contributed by atoms with E-state index in [0.29, 0.717) is 11.3 Å². The number of nitro groups is 1. The predicted octanol–water partition coefficient (Wildman–Crippen LogP) is 1.43. The van der Waals surface area contributed by atoms with Crippen LogP contribution in [0.3, 0.4) is 0 Å². The lowest BCUT2D eigenvalue weighted by molar-refractivity contribution is -0.385. The summed E-state index contributed by atoms with van der Waals surface area (Å²) in [4.78, 5) is 14.2. The monoisotopic (exact) mass is 432 g/mol. The molecule has 5 unspecified atom stereocenters. The molecule has 0 spiro atoms. The Labute approximate surface area is 176 Å². The van der Waals surface area contributed by atoms with E-state index in [1.165, 1.54) is 12.1 Å². The molecule has 3 rings (SSSR count). The van der Waals surface area contributed by atoms with Crippen molar-refractivity contribution >= 4 is 11.4 Å². The Kier molecular flexibility index (Phi) is 6.69. The summed E-state index contributed by atoms with van der Waals surface area (Å²) in [7, 11) is 0. The van der Waals surface area contributed by atoms with Crippen LogP contribution in [0, 0.1) is 23.6 Å². The smallest absolute Gasteiger partial charge is 0.315 e. The molecule has 2 aromatic rings. The van der Waals surface area contributed by atoms with E-state index >= 15 is 0 Å². The van der Waals surface area contributed by atoms with Crippen molar-refractivity contribution in [1.29, 1.82) is 0 Å².